The first-order valence-electron chi connectivity index (χ1n) is 2.35. The fourth-order valence-corrected chi connectivity index (χ4v) is 5.51. The molecule has 1 saturated heterocycles. The highest BCUT2D eigenvalue weighted by molar-refractivity contribution is 8.28. The van der Waals surface area contributed by atoms with Crippen molar-refractivity contribution in [2.75, 3.05) is 15.9 Å². The Morgan fingerprint density at radius 1 is 1.75 bits per heavy atom. The van der Waals surface area contributed by atoms with Gasteiger partial charge in [0.15, 0.2) is 0 Å². The molecule has 1 rings (SSSR count). The van der Waals surface area contributed by atoms with E-state index in [9.17, 15) is 0 Å². The predicted molar refractivity (Wildman–Crippen MR) is 50.1 cm³/mol. The third-order valence-corrected chi connectivity index (χ3v) is 5.54. The van der Waals surface area contributed by atoms with Gasteiger partial charge in [0.05, 0.1) is 4.58 Å². The maximum Gasteiger partial charge on any atom is 0.0609 e. The summed E-state index contributed by atoms with van der Waals surface area (Å²) in [5.41, 5.74) is 0. The van der Waals surface area contributed by atoms with E-state index in [1.54, 1.807) is 0 Å². The molecule has 0 N–H and O–H groups in total. The number of thioether (sulfide) groups is 3. The summed E-state index contributed by atoms with van der Waals surface area (Å²) in [4.78, 5) is 0. The molecule has 8 heavy (non-hydrogen) atoms. The van der Waals surface area contributed by atoms with Crippen LogP contribution in [-0.2, 0) is 0 Å². The first kappa shape index (κ1) is 7.51. The molecule has 1 aliphatic heterocycles. The van der Waals surface area contributed by atoms with Crippen LogP contribution in [0, 0.1) is 0 Å². The second-order valence-electron chi connectivity index (χ2n) is 1.38. The molecule has 4 heteroatoms. The van der Waals surface area contributed by atoms with E-state index in [0.29, 0.717) is 0 Å². The summed E-state index contributed by atoms with van der Waals surface area (Å²) in [5.74, 6) is 1.32. The summed E-state index contributed by atoms with van der Waals surface area (Å²) in [6, 6.07) is 0. The molecule has 0 amide bonds. The van der Waals surface area contributed by atoms with Crippen molar-refractivity contribution in [2.24, 2.45) is 0 Å². The minimum absolute atomic E-state index is 0.831. The molecule has 0 aromatic heterocycles. The van der Waals surface area contributed by atoms with Crippen LogP contribution in [0.5, 0.6) is 0 Å². The fourth-order valence-electron chi connectivity index (χ4n) is 0.496. The zero-order valence-corrected chi connectivity index (χ0v) is 7.71. The Kier molecular flexibility index (Phi) is 3.99. The lowest BCUT2D eigenvalue weighted by molar-refractivity contribution is 1.48. The van der Waals surface area contributed by atoms with Crippen molar-refractivity contribution >= 4 is 47.9 Å². The highest BCUT2D eigenvalue weighted by Gasteiger charge is 2.14. The molecular weight excluding hydrogens is 176 g/mol. The molecule has 0 aromatic carbocycles. The highest BCUT2D eigenvalue weighted by Crippen LogP contribution is 2.36. The van der Waals surface area contributed by atoms with Gasteiger partial charge in [-0.25, -0.2) is 0 Å². The summed E-state index contributed by atoms with van der Waals surface area (Å²) < 4.78 is 0.831. The van der Waals surface area contributed by atoms with Gasteiger partial charge in [-0.3, -0.25) is 0 Å². The Labute approximate surface area is 68.4 Å². The third-order valence-electron chi connectivity index (χ3n) is 0.852. The van der Waals surface area contributed by atoms with E-state index in [2.05, 4.69) is 12.6 Å². The van der Waals surface area contributed by atoms with Crippen molar-refractivity contribution < 1.29 is 0 Å². The number of thiol groups is 1. The van der Waals surface area contributed by atoms with E-state index in [0.717, 1.165) is 9.67 Å². The largest absolute Gasteiger partial charge is 0.168 e. The van der Waals surface area contributed by atoms with E-state index in [-0.39, 0.29) is 0 Å². The van der Waals surface area contributed by atoms with Crippen LogP contribution in [0.25, 0.3) is 0 Å². The number of hydrogen-bond acceptors (Lipinski definition) is 4. The molecule has 1 unspecified atom stereocenters. The molecule has 0 aliphatic carbocycles. The Morgan fingerprint density at radius 3 is 3.12 bits per heavy atom. The average Bonchev–Trinajstić information content (AvgIpc) is 2.19. The van der Waals surface area contributed by atoms with Crippen molar-refractivity contribution in [3.63, 3.8) is 0 Å². The molecule has 0 nitrogen and oxygen atoms in total. The molecule has 1 atom stereocenters. The molecule has 0 aromatic rings. The minimum atomic E-state index is 0.831. The summed E-state index contributed by atoms with van der Waals surface area (Å²) in [5, 5.41) is 2.25. The maximum absolute atomic E-state index is 4.14. The topological polar surface area (TPSA) is 0 Å². The Balaban J connectivity index is 2.06. The van der Waals surface area contributed by atoms with Gasteiger partial charge < -0.3 is 0 Å². The molecule has 0 saturated carbocycles. The maximum atomic E-state index is 4.14. The normalized spacial score (nSPS) is 28.9. The van der Waals surface area contributed by atoms with Crippen LogP contribution >= 0.6 is 47.9 Å². The van der Waals surface area contributed by atoms with Crippen molar-refractivity contribution in [3.05, 3.63) is 0 Å². The Morgan fingerprint density at radius 2 is 2.62 bits per heavy atom. The van der Waals surface area contributed by atoms with Crippen LogP contribution in [-0.4, -0.2) is 20.5 Å². The lowest BCUT2D eigenvalue weighted by atomic mass is 10.9. The van der Waals surface area contributed by atoms with Gasteiger partial charge in [0, 0.05) is 15.9 Å². The van der Waals surface area contributed by atoms with E-state index >= 15 is 0 Å². The van der Waals surface area contributed by atoms with Gasteiger partial charge >= 0.3 is 0 Å². The van der Waals surface area contributed by atoms with Crippen LogP contribution in [0.1, 0.15) is 0 Å². The molecule has 1 fully saturated rings. The van der Waals surface area contributed by atoms with Gasteiger partial charge in [0.1, 0.15) is 0 Å². The van der Waals surface area contributed by atoms with Gasteiger partial charge in [-0.2, -0.15) is 12.6 Å². The van der Waals surface area contributed by atoms with Gasteiger partial charge in [-0.05, 0) is 0 Å². The van der Waals surface area contributed by atoms with E-state index in [1.165, 1.54) is 10.8 Å². The quantitative estimate of drug-likeness (QED) is 0.517. The van der Waals surface area contributed by atoms with Crippen LogP contribution in [0.2, 0.25) is 0 Å². The zero-order chi connectivity index (χ0) is 5.82. The summed E-state index contributed by atoms with van der Waals surface area (Å²) in [6.07, 6.45) is 0. The van der Waals surface area contributed by atoms with E-state index < -0.39 is 0 Å². The summed E-state index contributed by atoms with van der Waals surface area (Å²) in [7, 11) is 0. The summed E-state index contributed by atoms with van der Waals surface area (Å²) >= 11 is 10.2. The smallest absolute Gasteiger partial charge is 0.0609 e. The number of rotatable bonds is 2. The van der Waals surface area contributed by atoms with Gasteiger partial charge in [0.2, 0.25) is 0 Å². The lowest BCUT2D eigenvalue weighted by Gasteiger charge is -2.01. The Bertz CT molecular complexity index is 59.1. The predicted octanol–water partition coefficient (Wildman–Crippen LogP) is 2.37. The van der Waals surface area contributed by atoms with E-state index in [1.807, 2.05) is 35.3 Å². The third kappa shape index (κ3) is 2.33. The SMILES string of the molecule is SCSC1CSCS1. The van der Waals surface area contributed by atoms with Crippen LogP contribution in [0.4, 0.5) is 0 Å². The standard InChI is InChI=1S/C4H8S4/c5-2-7-4-1-6-3-8-4/h4-5H,1-3H2. The monoisotopic (exact) mass is 184 g/mol. The van der Waals surface area contributed by atoms with Gasteiger partial charge in [-0.15, -0.1) is 35.3 Å². The van der Waals surface area contributed by atoms with Crippen LogP contribution in [0.15, 0.2) is 0 Å². The molecular formula is C4H8S4. The first-order chi connectivity index (χ1) is 3.93. The molecule has 0 bridgehead atoms. The van der Waals surface area contributed by atoms with Crippen molar-refractivity contribution in [2.45, 2.75) is 4.58 Å². The Hall–Kier alpha value is 1.40. The van der Waals surface area contributed by atoms with Crippen molar-refractivity contribution in [3.8, 4) is 0 Å². The molecule has 0 radical (unpaired) electrons. The van der Waals surface area contributed by atoms with Crippen LogP contribution in [0.3, 0.4) is 0 Å². The summed E-state index contributed by atoms with van der Waals surface area (Å²) in [6.45, 7) is 0. The highest BCUT2D eigenvalue weighted by atomic mass is 32.2. The second-order valence-corrected chi connectivity index (χ2v) is 6.20. The fraction of sp³-hybridized carbons (Fsp3) is 1.00. The average molecular weight is 184 g/mol. The minimum Gasteiger partial charge on any atom is -0.168 e. The number of hydrogen-bond donors (Lipinski definition) is 1. The molecule has 0 spiro atoms. The lowest BCUT2D eigenvalue weighted by Crippen LogP contribution is -1.91. The zero-order valence-electron chi connectivity index (χ0n) is 4.37. The molecule has 1 aliphatic rings. The van der Waals surface area contributed by atoms with Crippen LogP contribution < -0.4 is 0 Å². The van der Waals surface area contributed by atoms with Gasteiger partial charge in [-0.1, -0.05) is 0 Å². The van der Waals surface area contributed by atoms with Gasteiger partial charge in [0.25, 0.3) is 0 Å². The van der Waals surface area contributed by atoms with E-state index in [4.69, 9.17) is 0 Å². The van der Waals surface area contributed by atoms with Crippen molar-refractivity contribution in [1.29, 1.82) is 0 Å². The molecule has 48 valence electrons. The first-order valence-corrected chi connectivity index (χ1v) is 6.24. The van der Waals surface area contributed by atoms with Crippen molar-refractivity contribution in [1.82, 2.24) is 0 Å². The molecule has 1 heterocycles. The second kappa shape index (κ2) is 4.25.